The van der Waals surface area contributed by atoms with Crippen molar-refractivity contribution in [3.05, 3.63) is 23.8 Å². The molecule has 1 heterocycles. The lowest BCUT2D eigenvalue weighted by molar-refractivity contribution is 0.202. The summed E-state index contributed by atoms with van der Waals surface area (Å²) in [6, 6.07) is 5.20. The number of oxime groups is 1. The van der Waals surface area contributed by atoms with E-state index in [0.717, 1.165) is 0 Å². The topological polar surface area (TPSA) is 83.4 Å². The Morgan fingerprint density at radius 3 is 2.95 bits per heavy atom. The van der Waals surface area contributed by atoms with Gasteiger partial charge in [0.05, 0.1) is 19.4 Å². The molecule has 0 spiro atoms. The number of urea groups is 1. The molecule has 0 atom stereocenters. The molecular formula is C14H19N3O4. The highest BCUT2D eigenvalue weighted by Gasteiger charge is 2.19. The molecule has 1 aromatic carbocycles. The second-order valence-electron chi connectivity index (χ2n) is 4.61. The van der Waals surface area contributed by atoms with Crippen LogP contribution in [0.4, 0.5) is 4.79 Å². The molecule has 0 bridgehead atoms. The lowest BCUT2D eigenvalue weighted by Crippen LogP contribution is -2.32. The number of nitrogens with one attached hydrogen (secondary N) is 1. The third-order valence-corrected chi connectivity index (χ3v) is 3.29. The minimum absolute atomic E-state index is 0.0717. The summed E-state index contributed by atoms with van der Waals surface area (Å²) in [4.78, 5) is 13.1. The first-order chi connectivity index (χ1) is 10.2. The average molecular weight is 293 g/mol. The highest BCUT2D eigenvalue weighted by Crippen LogP contribution is 2.25. The van der Waals surface area contributed by atoms with Gasteiger partial charge in [-0.25, -0.2) is 4.79 Å². The van der Waals surface area contributed by atoms with Gasteiger partial charge in [0, 0.05) is 24.7 Å². The number of amides is 2. The number of ether oxygens (including phenoxy) is 2. The van der Waals surface area contributed by atoms with Gasteiger partial charge < -0.3 is 24.9 Å². The van der Waals surface area contributed by atoms with Gasteiger partial charge in [0.25, 0.3) is 0 Å². The molecule has 0 unspecified atom stereocenters. The van der Waals surface area contributed by atoms with Crippen molar-refractivity contribution in [2.24, 2.45) is 5.16 Å². The molecule has 2 N–H and O–H groups in total. The van der Waals surface area contributed by atoms with Crippen molar-refractivity contribution >= 4 is 11.7 Å². The Morgan fingerprint density at radius 2 is 2.33 bits per heavy atom. The lowest BCUT2D eigenvalue weighted by atomic mass is 10.1. The molecule has 1 fully saturated rings. The van der Waals surface area contributed by atoms with Crippen molar-refractivity contribution in [3.63, 3.8) is 0 Å². The largest absolute Gasteiger partial charge is 0.497 e. The molecule has 1 aliphatic heterocycles. The molecule has 1 aromatic rings. The minimum Gasteiger partial charge on any atom is -0.497 e. The SMILES string of the molecule is COc1ccc(/C(C)=N/O)c(OCCN2CCNC2=O)c1. The smallest absolute Gasteiger partial charge is 0.317 e. The first-order valence-electron chi connectivity index (χ1n) is 6.68. The molecule has 0 radical (unpaired) electrons. The van der Waals surface area contributed by atoms with Gasteiger partial charge in [0.15, 0.2) is 0 Å². The Kier molecular flexibility index (Phi) is 4.86. The number of hydrogen-bond acceptors (Lipinski definition) is 5. The molecule has 1 saturated heterocycles. The maximum absolute atomic E-state index is 11.4. The van der Waals surface area contributed by atoms with E-state index in [1.807, 2.05) is 0 Å². The van der Waals surface area contributed by atoms with E-state index in [-0.39, 0.29) is 6.03 Å². The highest BCUT2D eigenvalue weighted by molar-refractivity contribution is 6.00. The van der Waals surface area contributed by atoms with Crippen LogP contribution >= 0.6 is 0 Å². The number of hydrogen-bond donors (Lipinski definition) is 2. The van der Waals surface area contributed by atoms with Crippen LogP contribution in [-0.2, 0) is 0 Å². The number of carbonyl (C=O) groups excluding carboxylic acids is 1. The summed E-state index contributed by atoms with van der Waals surface area (Å²) < 4.78 is 10.9. The Labute approximate surface area is 123 Å². The maximum Gasteiger partial charge on any atom is 0.317 e. The minimum atomic E-state index is -0.0717. The average Bonchev–Trinajstić information content (AvgIpc) is 2.91. The zero-order valence-electron chi connectivity index (χ0n) is 12.1. The van der Waals surface area contributed by atoms with Crippen LogP contribution in [0.2, 0.25) is 0 Å². The van der Waals surface area contributed by atoms with Gasteiger partial charge >= 0.3 is 6.03 Å². The number of carbonyl (C=O) groups is 1. The fourth-order valence-corrected chi connectivity index (χ4v) is 2.09. The Bertz CT molecular complexity index is 545. The number of nitrogens with zero attached hydrogens (tertiary/aromatic N) is 2. The third-order valence-electron chi connectivity index (χ3n) is 3.29. The second-order valence-corrected chi connectivity index (χ2v) is 4.61. The molecule has 7 heteroatoms. The summed E-state index contributed by atoms with van der Waals surface area (Å²) in [6.07, 6.45) is 0. The fraction of sp³-hybridized carbons (Fsp3) is 0.429. The van der Waals surface area contributed by atoms with E-state index in [9.17, 15) is 4.79 Å². The molecule has 114 valence electrons. The third kappa shape index (κ3) is 3.56. The predicted octanol–water partition coefficient (Wildman–Crippen LogP) is 1.30. The van der Waals surface area contributed by atoms with E-state index in [4.69, 9.17) is 14.7 Å². The van der Waals surface area contributed by atoms with Crippen molar-refractivity contribution in [3.8, 4) is 11.5 Å². The van der Waals surface area contributed by atoms with Crippen LogP contribution in [0.1, 0.15) is 12.5 Å². The molecule has 7 nitrogen and oxygen atoms in total. The van der Waals surface area contributed by atoms with Crippen LogP contribution in [-0.4, -0.2) is 55.2 Å². The normalized spacial score (nSPS) is 15.0. The molecule has 1 aliphatic rings. The summed E-state index contributed by atoms with van der Waals surface area (Å²) in [5, 5.41) is 14.8. The molecule has 0 saturated carbocycles. The Morgan fingerprint density at radius 1 is 1.52 bits per heavy atom. The zero-order chi connectivity index (χ0) is 15.2. The lowest BCUT2D eigenvalue weighted by Gasteiger charge is -2.16. The van der Waals surface area contributed by atoms with E-state index >= 15 is 0 Å². The van der Waals surface area contributed by atoms with Crippen LogP contribution in [0.3, 0.4) is 0 Å². The molecule has 0 aromatic heterocycles. The van der Waals surface area contributed by atoms with Gasteiger partial charge in [-0.3, -0.25) is 0 Å². The van der Waals surface area contributed by atoms with Crippen molar-refractivity contribution in [2.45, 2.75) is 6.92 Å². The summed E-state index contributed by atoms with van der Waals surface area (Å²) in [7, 11) is 1.57. The van der Waals surface area contributed by atoms with E-state index < -0.39 is 0 Å². The summed E-state index contributed by atoms with van der Waals surface area (Å²) in [5.74, 6) is 1.21. The van der Waals surface area contributed by atoms with Crippen LogP contribution in [0.15, 0.2) is 23.4 Å². The van der Waals surface area contributed by atoms with Crippen LogP contribution < -0.4 is 14.8 Å². The van der Waals surface area contributed by atoms with E-state index in [1.165, 1.54) is 0 Å². The number of rotatable bonds is 6. The molecule has 2 amide bonds. The van der Waals surface area contributed by atoms with Gasteiger partial charge in [0.2, 0.25) is 0 Å². The summed E-state index contributed by atoms with van der Waals surface area (Å²) in [5.41, 5.74) is 1.13. The van der Waals surface area contributed by atoms with E-state index in [1.54, 1.807) is 37.1 Å². The van der Waals surface area contributed by atoms with Crippen LogP contribution in [0, 0.1) is 0 Å². The standard InChI is InChI=1S/C14H19N3O4/c1-10(16-19)12-4-3-11(20-2)9-13(12)21-8-7-17-6-5-15-14(17)18/h3-4,9,19H,5-8H2,1-2H3,(H,15,18)/b16-10+. The molecular weight excluding hydrogens is 274 g/mol. The summed E-state index contributed by atoms with van der Waals surface area (Å²) in [6.45, 7) is 3.89. The van der Waals surface area contributed by atoms with Crippen molar-refractivity contribution in [1.82, 2.24) is 10.2 Å². The van der Waals surface area contributed by atoms with Crippen molar-refractivity contribution in [2.75, 3.05) is 33.4 Å². The number of methoxy groups -OCH3 is 1. The van der Waals surface area contributed by atoms with E-state index in [0.29, 0.717) is 49.0 Å². The van der Waals surface area contributed by atoms with Crippen LogP contribution in [0.5, 0.6) is 11.5 Å². The first kappa shape index (κ1) is 15.0. The van der Waals surface area contributed by atoms with Gasteiger partial charge in [-0.15, -0.1) is 0 Å². The zero-order valence-corrected chi connectivity index (χ0v) is 12.1. The van der Waals surface area contributed by atoms with Crippen molar-refractivity contribution < 1.29 is 19.5 Å². The molecule has 2 rings (SSSR count). The van der Waals surface area contributed by atoms with Gasteiger partial charge in [-0.1, -0.05) is 5.16 Å². The monoisotopic (exact) mass is 293 g/mol. The fourth-order valence-electron chi connectivity index (χ4n) is 2.09. The highest BCUT2D eigenvalue weighted by atomic mass is 16.5. The molecule has 0 aliphatic carbocycles. The van der Waals surface area contributed by atoms with Gasteiger partial charge in [0.1, 0.15) is 18.1 Å². The van der Waals surface area contributed by atoms with E-state index in [2.05, 4.69) is 10.5 Å². The Balaban J connectivity index is 2.04. The van der Waals surface area contributed by atoms with Gasteiger partial charge in [-0.2, -0.15) is 0 Å². The quantitative estimate of drug-likeness (QED) is 0.470. The van der Waals surface area contributed by atoms with Crippen molar-refractivity contribution in [1.29, 1.82) is 0 Å². The molecule has 21 heavy (non-hydrogen) atoms. The maximum atomic E-state index is 11.4. The number of benzene rings is 1. The Hall–Kier alpha value is -2.44. The first-order valence-corrected chi connectivity index (χ1v) is 6.68. The predicted molar refractivity (Wildman–Crippen MR) is 77.5 cm³/mol. The summed E-state index contributed by atoms with van der Waals surface area (Å²) >= 11 is 0. The van der Waals surface area contributed by atoms with Gasteiger partial charge in [-0.05, 0) is 19.1 Å². The second kappa shape index (κ2) is 6.83. The van der Waals surface area contributed by atoms with Crippen LogP contribution in [0.25, 0.3) is 0 Å².